The number of rotatable bonds is 6. The van der Waals surface area contributed by atoms with E-state index in [1.165, 1.54) is 0 Å². The number of amides is 1. The van der Waals surface area contributed by atoms with Crippen LogP contribution in [0.25, 0.3) is 22.2 Å². The van der Waals surface area contributed by atoms with Crippen LogP contribution in [0.15, 0.2) is 72.8 Å². The van der Waals surface area contributed by atoms with Crippen molar-refractivity contribution in [2.24, 2.45) is 0 Å². The summed E-state index contributed by atoms with van der Waals surface area (Å²) in [6.07, 6.45) is 0. The SMILES string of the molecule is COc1ccc(-c2cc(C(=O)N3CCN(c4ccccc4OC)CC3)c3ccccc3n2)cc1OC. The lowest BCUT2D eigenvalue weighted by molar-refractivity contribution is 0.0748. The third kappa shape index (κ3) is 4.40. The number of aromatic nitrogens is 1. The highest BCUT2D eigenvalue weighted by atomic mass is 16.5. The molecule has 3 aromatic carbocycles. The molecule has 184 valence electrons. The molecule has 1 fully saturated rings. The van der Waals surface area contributed by atoms with Crippen LogP contribution in [0.4, 0.5) is 5.69 Å². The first-order valence-electron chi connectivity index (χ1n) is 11.9. The molecule has 7 nitrogen and oxygen atoms in total. The van der Waals surface area contributed by atoms with Crippen molar-refractivity contribution in [2.75, 3.05) is 52.4 Å². The molecule has 4 aromatic rings. The molecule has 1 aromatic heterocycles. The Kier molecular flexibility index (Phi) is 6.62. The summed E-state index contributed by atoms with van der Waals surface area (Å²) in [5, 5.41) is 0.846. The molecule has 0 saturated carbocycles. The number of nitrogens with zero attached hydrogens (tertiary/aromatic N) is 3. The van der Waals surface area contributed by atoms with Gasteiger partial charge in [-0.1, -0.05) is 30.3 Å². The molecule has 36 heavy (non-hydrogen) atoms. The summed E-state index contributed by atoms with van der Waals surface area (Å²) < 4.78 is 16.4. The van der Waals surface area contributed by atoms with Gasteiger partial charge in [-0.3, -0.25) is 4.79 Å². The van der Waals surface area contributed by atoms with Gasteiger partial charge in [0, 0.05) is 37.1 Å². The predicted octanol–water partition coefficient (Wildman–Crippen LogP) is 4.89. The lowest BCUT2D eigenvalue weighted by Crippen LogP contribution is -2.49. The largest absolute Gasteiger partial charge is 0.495 e. The number of fused-ring (bicyclic) bond motifs is 1. The van der Waals surface area contributed by atoms with Crippen molar-refractivity contribution in [3.05, 3.63) is 78.4 Å². The van der Waals surface area contributed by atoms with E-state index in [-0.39, 0.29) is 5.91 Å². The smallest absolute Gasteiger partial charge is 0.254 e. The first-order chi connectivity index (χ1) is 17.6. The standard InChI is InChI=1S/C29H29N3O4/c1-34-26-11-7-6-10-25(26)31-14-16-32(17-15-31)29(33)22-19-24(30-23-9-5-4-8-21(22)23)20-12-13-27(35-2)28(18-20)36-3/h4-13,18-19H,14-17H2,1-3H3. The van der Waals surface area contributed by atoms with Crippen LogP contribution >= 0.6 is 0 Å². The molecule has 0 N–H and O–H groups in total. The molecule has 1 saturated heterocycles. The van der Waals surface area contributed by atoms with Gasteiger partial charge in [-0.05, 0) is 42.5 Å². The van der Waals surface area contributed by atoms with Crippen LogP contribution in [-0.4, -0.2) is 63.3 Å². The number of hydrogen-bond acceptors (Lipinski definition) is 6. The number of piperazine rings is 1. The highest BCUT2D eigenvalue weighted by molar-refractivity contribution is 6.07. The van der Waals surface area contributed by atoms with Crippen LogP contribution in [0.1, 0.15) is 10.4 Å². The lowest BCUT2D eigenvalue weighted by Gasteiger charge is -2.36. The second-order valence-corrected chi connectivity index (χ2v) is 8.59. The van der Waals surface area contributed by atoms with Crippen molar-refractivity contribution in [3.8, 4) is 28.5 Å². The maximum absolute atomic E-state index is 13.8. The molecular weight excluding hydrogens is 454 g/mol. The summed E-state index contributed by atoms with van der Waals surface area (Å²) in [6.45, 7) is 2.72. The minimum absolute atomic E-state index is 0.00926. The zero-order valence-electron chi connectivity index (χ0n) is 20.7. The minimum atomic E-state index is 0.00926. The van der Waals surface area contributed by atoms with Gasteiger partial charge in [-0.15, -0.1) is 0 Å². The summed E-state index contributed by atoms with van der Waals surface area (Å²) in [6, 6.07) is 23.3. The minimum Gasteiger partial charge on any atom is -0.495 e. The maximum atomic E-state index is 13.8. The number of carbonyl (C=O) groups excluding carboxylic acids is 1. The van der Waals surface area contributed by atoms with Gasteiger partial charge in [0.05, 0.1) is 43.8 Å². The van der Waals surface area contributed by atoms with Crippen LogP contribution in [0.5, 0.6) is 17.2 Å². The van der Waals surface area contributed by atoms with Crippen LogP contribution in [0.3, 0.4) is 0 Å². The zero-order valence-corrected chi connectivity index (χ0v) is 20.7. The van der Waals surface area contributed by atoms with Gasteiger partial charge >= 0.3 is 0 Å². The molecule has 1 amide bonds. The summed E-state index contributed by atoms with van der Waals surface area (Å²) >= 11 is 0. The average molecular weight is 484 g/mol. The predicted molar refractivity (Wildman–Crippen MR) is 141 cm³/mol. The quantitative estimate of drug-likeness (QED) is 0.389. The molecule has 1 aliphatic rings. The summed E-state index contributed by atoms with van der Waals surface area (Å²) in [5.41, 5.74) is 4.05. The number of para-hydroxylation sites is 3. The van der Waals surface area contributed by atoms with E-state index in [9.17, 15) is 4.79 Å². The van der Waals surface area contributed by atoms with Gasteiger partial charge in [-0.25, -0.2) is 4.98 Å². The van der Waals surface area contributed by atoms with E-state index >= 15 is 0 Å². The van der Waals surface area contributed by atoms with Gasteiger partial charge in [0.1, 0.15) is 5.75 Å². The van der Waals surface area contributed by atoms with Gasteiger partial charge in [0.2, 0.25) is 0 Å². The fraction of sp³-hybridized carbons (Fsp3) is 0.241. The summed E-state index contributed by atoms with van der Waals surface area (Å²) in [5.74, 6) is 2.11. The second kappa shape index (κ2) is 10.2. The van der Waals surface area contributed by atoms with E-state index in [0.29, 0.717) is 35.8 Å². The number of ether oxygens (including phenoxy) is 3. The molecule has 0 radical (unpaired) electrons. The summed E-state index contributed by atoms with van der Waals surface area (Å²) in [7, 11) is 4.90. The number of anilines is 1. The Morgan fingerprint density at radius 1 is 0.750 bits per heavy atom. The Balaban J connectivity index is 1.45. The second-order valence-electron chi connectivity index (χ2n) is 8.59. The van der Waals surface area contributed by atoms with Gasteiger partial charge in [0.25, 0.3) is 5.91 Å². The van der Waals surface area contributed by atoms with E-state index in [2.05, 4.69) is 11.0 Å². The molecule has 0 aliphatic carbocycles. The van der Waals surface area contributed by atoms with Crippen molar-refractivity contribution in [2.45, 2.75) is 0 Å². The third-order valence-electron chi connectivity index (χ3n) is 6.62. The molecule has 7 heteroatoms. The topological polar surface area (TPSA) is 64.1 Å². The highest BCUT2D eigenvalue weighted by Gasteiger charge is 2.25. The van der Waals surface area contributed by atoms with E-state index < -0.39 is 0 Å². The maximum Gasteiger partial charge on any atom is 0.254 e. The first-order valence-corrected chi connectivity index (χ1v) is 11.9. The summed E-state index contributed by atoms with van der Waals surface area (Å²) in [4.78, 5) is 22.8. The van der Waals surface area contributed by atoms with E-state index in [4.69, 9.17) is 19.2 Å². The molecule has 0 spiro atoms. The Morgan fingerprint density at radius 2 is 1.44 bits per heavy atom. The van der Waals surface area contributed by atoms with Crippen molar-refractivity contribution in [1.82, 2.24) is 9.88 Å². The fourth-order valence-corrected chi connectivity index (χ4v) is 4.71. The number of hydrogen-bond donors (Lipinski definition) is 0. The van der Waals surface area contributed by atoms with Crippen molar-refractivity contribution in [3.63, 3.8) is 0 Å². The van der Waals surface area contributed by atoms with Gasteiger partial charge in [-0.2, -0.15) is 0 Å². The number of benzene rings is 3. The Labute approximate surface area is 210 Å². The molecule has 1 aliphatic heterocycles. The van der Waals surface area contributed by atoms with Crippen LogP contribution < -0.4 is 19.1 Å². The van der Waals surface area contributed by atoms with E-state index in [0.717, 1.165) is 41.0 Å². The average Bonchev–Trinajstić information content (AvgIpc) is 2.95. The monoisotopic (exact) mass is 483 g/mol. The van der Waals surface area contributed by atoms with E-state index in [1.807, 2.05) is 71.6 Å². The fourth-order valence-electron chi connectivity index (χ4n) is 4.71. The Hall–Kier alpha value is -4.26. The van der Waals surface area contributed by atoms with Crippen LogP contribution in [0, 0.1) is 0 Å². The normalized spacial score (nSPS) is 13.5. The Morgan fingerprint density at radius 3 is 2.19 bits per heavy atom. The third-order valence-corrected chi connectivity index (χ3v) is 6.62. The number of methoxy groups -OCH3 is 3. The van der Waals surface area contributed by atoms with Crippen molar-refractivity contribution in [1.29, 1.82) is 0 Å². The molecular formula is C29H29N3O4. The number of pyridine rings is 1. The highest BCUT2D eigenvalue weighted by Crippen LogP contribution is 2.34. The molecule has 0 bridgehead atoms. The molecule has 0 atom stereocenters. The van der Waals surface area contributed by atoms with Crippen LogP contribution in [-0.2, 0) is 0 Å². The molecule has 0 unspecified atom stereocenters. The van der Waals surface area contributed by atoms with Gasteiger partial charge in [0.15, 0.2) is 11.5 Å². The number of carbonyl (C=O) groups is 1. The van der Waals surface area contributed by atoms with Gasteiger partial charge < -0.3 is 24.0 Å². The van der Waals surface area contributed by atoms with Crippen molar-refractivity contribution >= 4 is 22.5 Å². The first kappa shape index (κ1) is 23.5. The van der Waals surface area contributed by atoms with E-state index in [1.54, 1.807) is 21.3 Å². The van der Waals surface area contributed by atoms with Crippen molar-refractivity contribution < 1.29 is 19.0 Å². The molecule has 2 heterocycles. The zero-order chi connectivity index (χ0) is 25.1. The van der Waals surface area contributed by atoms with Crippen LogP contribution in [0.2, 0.25) is 0 Å². The molecule has 5 rings (SSSR count). The lowest BCUT2D eigenvalue weighted by atomic mass is 10.0. The Bertz CT molecular complexity index is 1400.